The van der Waals surface area contributed by atoms with Crippen molar-refractivity contribution < 1.29 is 14.3 Å². The number of hydrogen-bond donors (Lipinski definition) is 2. The van der Waals surface area contributed by atoms with Crippen molar-refractivity contribution >= 4 is 23.0 Å². The van der Waals surface area contributed by atoms with Crippen molar-refractivity contribution in [3.8, 4) is 5.75 Å². The molecule has 2 rings (SSSR count). The molecule has 0 unspecified atom stereocenters. The van der Waals surface area contributed by atoms with E-state index in [1.807, 2.05) is 18.2 Å². The van der Waals surface area contributed by atoms with Crippen LogP contribution in [0.25, 0.3) is 11.0 Å². The number of ether oxygens (including phenoxy) is 2. The second-order valence-corrected chi connectivity index (χ2v) is 3.95. The first kappa shape index (κ1) is 13.2. The van der Waals surface area contributed by atoms with Crippen molar-refractivity contribution in [3.63, 3.8) is 0 Å². The van der Waals surface area contributed by atoms with E-state index in [1.54, 1.807) is 14.0 Å². The van der Waals surface area contributed by atoms with E-state index in [2.05, 4.69) is 15.3 Å². The van der Waals surface area contributed by atoms with E-state index in [4.69, 9.17) is 9.47 Å². The number of anilines is 1. The Balaban J connectivity index is 1.96. The number of hydrogen-bond acceptors (Lipinski definition) is 5. The molecule has 0 aliphatic carbocycles. The molecule has 0 amide bonds. The van der Waals surface area contributed by atoms with Crippen LogP contribution in [0, 0.1) is 0 Å². The van der Waals surface area contributed by atoms with Crippen LogP contribution in [0.3, 0.4) is 0 Å². The summed E-state index contributed by atoms with van der Waals surface area (Å²) in [6, 6.07) is 5.60. The van der Waals surface area contributed by atoms with Gasteiger partial charge < -0.3 is 19.8 Å². The summed E-state index contributed by atoms with van der Waals surface area (Å²) in [7, 11) is 1.62. The topological polar surface area (TPSA) is 76.2 Å². The lowest BCUT2D eigenvalue weighted by atomic mass is 10.3. The number of carbonyl (C=O) groups is 1. The Morgan fingerprint density at radius 2 is 2.32 bits per heavy atom. The van der Waals surface area contributed by atoms with Crippen LogP contribution in [0.1, 0.15) is 13.3 Å². The normalized spacial score (nSPS) is 10.4. The van der Waals surface area contributed by atoms with Crippen LogP contribution in [0.4, 0.5) is 5.95 Å². The standard InChI is InChI=1S/C13H17N3O3/c1-3-19-12(17)6-7-14-13-15-10-5-4-9(18-2)8-11(10)16-13/h4-5,8H,3,6-7H2,1-2H3,(H2,14,15,16). The lowest BCUT2D eigenvalue weighted by Gasteiger charge is -2.02. The molecule has 0 spiro atoms. The molecule has 1 aromatic carbocycles. The van der Waals surface area contributed by atoms with E-state index in [9.17, 15) is 4.79 Å². The summed E-state index contributed by atoms with van der Waals surface area (Å²) in [6.45, 7) is 2.68. The quantitative estimate of drug-likeness (QED) is 0.779. The van der Waals surface area contributed by atoms with Crippen LogP contribution in [0.15, 0.2) is 18.2 Å². The number of imidazole rings is 1. The van der Waals surface area contributed by atoms with Crippen LogP contribution in [0.5, 0.6) is 5.75 Å². The molecule has 1 heterocycles. The molecule has 0 saturated carbocycles. The number of esters is 1. The molecule has 102 valence electrons. The van der Waals surface area contributed by atoms with Crippen molar-refractivity contribution in [1.82, 2.24) is 9.97 Å². The summed E-state index contributed by atoms with van der Waals surface area (Å²) in [5, 5.41) is 3.05. The second kappa shape index (κ2) is 6.08. The van der Waals surface area contributed by atoms with Crippen LogP contribution in [-0.4, -0.2) is 36.2 Å². The summed E-state index contributed by atoms with van der Waals surface area (Å²) >= 11 is 0. The van der Waals surface area contributed by atoms with Crippen LogP contribution in [-0.2, 0) is 9.53 Å². The van der Waals surface area contributed by atoms with Gasteiger partial charge in [0.2, 0.25) is 5.95 Å². The summed E-state index contributed by atoms with van der Waals surface area (Å²) in [4.78, 5) is 18.7. The van der Waals surface area contributed by atoms with E-state index < -0.39 is 0 Å². The van der Waals surface area contributed by atoms with Gasteiger partial charge in [0.05, 0.1) is 31.2 Å². The number of aromatic nitrogens is 2. The van der Waals surface area contributed by atoms with Gasteiger partial charge in [0.25, 0.3) is 0 Å². The fourth-order valence-corrected chi connectivity index (χ4v) is 1.72. The minimum absolute atomic E-state index is 0.215. The number of rotatable bonds is 6. The average molecular weight is 263 g/mol. The zero-order valence-corrected chi connectivity index (χ0v) is 11.0. The SMILES string of the molecule is CCOC(=O)CCNc1nc2ccc(OC)cc2[nH]1. The number of H-pyrrole nitrogens is 1. The van der Waals surface area contributed by atoms with Gasteiger partial charge in [-0.15, -0.1) is 0 Å². The van der Waals surface area contributed by atoms with Crippen LogP contribution >= 0.6 is 0 Å². The highest BCUT2D eigenvalue weighted by molar-refractivity contribution is 5.79. The van der Waals surface area contributed by atoms with Gasteiger partial charge in [-0.3, -0.25) is 4.79 Å². The van der Waals surface area contributed by atoms with Crippen molar-refractivity contribution in [3.05, 3.63) is 18.2 Å². The fourth-order valence-electron chi connectivity index (χ4n) is 1.72. The first-order valence-corrected chi connectivity index (χ1v) is 6.16. The number of fused-ring (bicyclic) bond motifs is 1. The summed E-state index contributed by atoms with van der Waals surface area (Å²) in [5.74, 6) is 1.19. The number of nitrogens with zero attached hydrogens (tertiary/aromatic N) is 1. The number of carbonyl (C=O) groups excluding carboxylic acids is 1. The number of benzene rings is 1. The van der Waals surface area contributed by atoms with Crippen LogP contribution in [0.2, 0.25) is 0 Å². The smallest absolute Gasteiger partial charge is 0.307 e. The molecule has 0 saturated heterocycles. The predicted molar refractivity (Wildman–Crippen MR) is 72.4 cm³/mol. The first-order chi connectivity index (χ1) is 9.22. The molecular weight excluding hydrogens is 246 g/mol. The third-order valence-corrected chi connectivity index (χ3v) is 2.62. The summed E-state index contributed by atoms with van der Waals surface area (Å²) in [5.41, 5.74) is 1.73. The molecule has 6 nitrogen and oxygen atoms in total. The molecular formula is C13H17N3O3. The lowest BCUT2D eigenvalue weighted by molar-refractivity contribution is -0.142. The minimum Gasteiger partial charge on any atom is -0.497 e. The van der Waals surface area contributed by atoms with Gasteiger partial charge in [-0.2, -0.15) is 0 Å². The molecule has 1 aromatic heterocycles. The monoisotopic (exact) mass is 263 g/mol. The lowest BCUT2D eigenvalue weighted by Crippen LogP contribution is -2.11. The predicted octanol–water partition coefficient (Wildman–Crippen LogP) is 1.94. The van der Waals surface area contributed by atoms with Crippen molar-refractivity contribution in [1.29, 1.82) is 0 Å². The Kier molecular flexibility index (Phi) is 4.22. The van der Waals surface area contributed by atoms with Crippen molar-refractivity contribution in [2.75, 3.05) is 25.6 Å². The molecule has 2 aromatic rings. The minimum atomic E-state index is -0.215. The molecule has 0 aliphatic heterocycles. The summed E-state index contributed by atoms with van der Waals surface area (Å²) < 4.78 is 9.98. The summed E-state index contributed by atoms with van der Waals surface area (Å²) in [6.07, 6.45) is 0.314. The van der Waals surface area contributed by atoms with Gasteiger partial charge in [-0.1, -0.05) is 0 Å². The Morgan fingerprint density at radius 3 is 3.05 bits per heavy atom. The maximum Gasteiger partial charge on any atom is 0.307 e. The Bertz CT molecular complexity index is 565. The highest BCUT2D eigenvalue weighted by Crippen LogP contribution is 2.20. The van der Waals surface area contributed by atoms with Gasteiger partial charge in [0, 0.05) is 12.6 Å². The molecule has 0 atom stereocenters. The van der Waals surface area contributed by atoms with E-state index >= 15 is 0 Å². The molecule has 2 N–H and O–H groups in total. The second-order valence-electron chi connectivity index (χ2n) is 3.95. The Morgan fingerprint density at radius 1 is 1.47 bits per heavy atom. The zero-order chi connectivity index (χ0) is 13.7. The third kappa shape index (κ3) is 3.37. The van der Waals surface area contributed by atoms with E-state index in [0.717, 1.165) is 16.8 Å². The van der Waals surface area contributed by atoms with Crippen molar-refractivity contribution in [2.45, 2.75) is 13.3 Å². The maximum atomic E-state index is 11.2. The zero-order valence-electron chi connectivity index (χ0n) is 11.0. The third-order valence-electron chi connectivity index (χ3n) is 2.62. The molecule has 0 bridgehead atoms. The van der Waals surface area contributed by atoms with Gasteiger partial charge >= 0.3 is 5.97 Å². The van der Waals surface area contributed by atoms with Gasteiger partial charge in [0.15, 0.2) is 0 Å². The van der Waals surface area contributed by atoms with Gasteiger partial charge in [-0.05, 0) is 19.1 Å². The molecule has 0 fully saturated rings. The number of aromatic amines is 1. The Labute approximate surface area is 111 Å². The van der Waals surface area contributed by atoms with Gasteiger partial charge in [0.1, 0.15) is 5.75 Å². The highest BCUT2D eigenvalue weighted by atomic mass is 16.5. The van der Waals surface area contributed by atoms with Gasteiger partial charge in [-0.25, -0.2) is 4.98 Å². The van der Waals surface area contributed by atoms with E-state index in [1.165, 1.54) is 0 Å². The van der Waals surface area contributed by atoms with E-state index in [0.29, 0.717) is 25.5 Å². The fraction of sp³-hybridized carbons (Fsp3) is 0.385. The maximum absolute atomic E-state index is 11.2. The average Bonchev–Trinajstić information content (AvgIpc) is 2.80. The number of methoxy groups -OCH3 is 1. The molecule has 6 heteroatoms. The van der Waals surface area contributed by atoms with Crippen LogP contribution < -0.4 is 10.1 Å². The largest absolute Gasteiger partial charge is 0.497 e. The van der Waals surface area contributed by atoms with Crippen molar-refractivity contribution in [2.24, 2.45) is 0 Å². The number of nitrogens with one attached hydrogen (secondary N) is 2. The van der Waals surface area contributed by atoms with E-state index in [-0.39, 0.29) is 5.97 Å². The molecule has 0 aliphatic rings. The Hall–Kier alpha value is -2.24. The molecule has 0 radical (unpaired) electrons. The first-order valence-electron chi connectivity index (χ1n) is 6.16. The highest BCUT2D eigenvalue weighted by Gasteiger charge is 2.05. The molecule has 19 heavy (non-hydrogen) atoms.